The first-order valence-corrected chi connectivity index (χ1v) is 22.0. The number of rotatable bonds is 47. The molecule has 0 saturated heterocycles. The molecule has 19 nitrogen and oxygen atoms in total. The second-order valence-corrected chi connectivity index (χ2v) is 14.5. The average molecular weight is 878 g/mol. The molecule has 0 aromatic rings. The van der Waals surface area contributed by atoms with Crippen LogP contribution in [0.4, 0.5) is 0 Å². The van der Waals surface area contributed by atoms with Gasteiger partial charge in [-0.25, -0.2) is 0 Å². The standard InChI is InChI=1S/C42H79N5O14/c1-35(41(43)52)9-3-5-16-45-39(50)14-20-55-24-28-59-32-31-58-27-23-54-19-8-12-37(48)11-7-13-38(49)47-18-22-57-26-30-61-34-33-60-29-25-56-21-15-40(51)46-17-6-4-10-36(2)42(44)53/h35-36H,3-34H2,1-2H3,(H2,43,52)(H2,44,53)(H,45,50)(H,46,51)(H,47,49)/t35-,36-/m0/s1. The Hall–Kier alpha value is -3.30. The van der Waals surface area contributed by atoms with E-state index in [9.17, 15) is 28.8 Å². The van der Waals surface area contributed by atoms with Crippen LogP contribution in [0.25, 0.3) is 0 Å². The normalized spacial score (nSPS) is 12.2. The number of primary amides is 2. The molecule has 19 heteroatoms. The number of nitrogens with one attached hydrogen (secondary N) is 3. The summed E-state index contributed by atoms with van der Waals surface area (Å²) >= 11 is 0. The van der Waals surface area contributed by atoms with Gasteiger partial charge in [0.25, 0.3) is 0 Å². The Labute approximate surface area is 363 Å². The van der Waals surface area contributed by atoms with Crippen LogP contribution in [0.3, 0.4) is 0 Å². The second-order valence-electron chi connectivity index (χ2n) is 14.5. The topological polar surface area (TPSA) is 264 Å². The number of ketones is 1. The Morgan fingerprint density at radius 2 is 0.689 bits per heavy atom. The molecule has 0 fully saturated rings. The van der Waals surface area contributed by atoms with Gasteiger partial charge in [-0.2, -0.15) is 0 Å². The third kappa shape index (κ3) is 43.2. The van der Waals surface area contributed by atoms with Gasteiger partial charge in [-0.1, -0.05) is 26.7 Å². The Kier molecular flexibility index (Phi) is 41.0. The fourth-order valence-corrected chi connectivity index (χ4v) is 5.21. The second kappa shape index (κ2) is 43.4. The Morgan fingerprint density at radius 3 is 1.10 bits per heavy atom. The molecule has 0 rings (SSSR count). The van der Waals surface area contributed by atoms with E-state index in [1.807, 2.05) is 0 Å². The van der Waals surface area contributed by atoms with Crippen molar-refractivity contribution in [2.45, 2.75) is 97.3 Å². The summed E-state index contributed by atoms with van der Waals surface area (Å²) in [5.74, 6) is -1.04. The van der Waals surface area contributed by atoms with Crippen molar-refractivity contribution in [3.63, 3.8) is 0 Å². The smallest absolute Gasteiger partial charge is 0.222 e. The SMILES string of the molecule is C[C@@H](CCCCNC(=O)CCOCCOCCOCCOCCCC(=O)CCCC(=O)NCCOCCOCCOCCOCCC(=O)NCCCC[C@H](C)C(N)=O)C(N)=O. The fourth-order valence-electron chi connectivity index (χ4n) is 5.21. The largest absolute Gasteiger partial charge is 0.379 e. The van der Waals surface area contributed by atoms with Crippen molar-refractivity contribution in [2.24, 2.45) is 23.3 Å². The van der Waals surface area contributed by atoms with E-state index in [-0.39, 0.29) is 66.4 Å². The van der Waals surface area contributed by atoms with Gasteiger partial charge in [-0.05, 0) is 38.5 Å². The molecular weight excluding hydrogens is 798 g/mol. The summed E-state index contributed by atoms with van der Waals surface area (Å²) in [7, 11) is 0. The van der Waals surface area contributed by atoms with E-state index in [1.165, 1.54) is 0 Å². The zero-order valence-electron chi connectivity index (χ0n) is 37.2. The lowest BCUT2D eigenvalue weighted by molar-refractivity contribution is -0.123. The number of Topliss-reactive ketones (excluding diaryl/α,β-unsaturated/α-hetero) is 1. The summed E-state index contributed by atoms with van der Waals surface area (Å²) in [6, 6.07) is 0. The molecule has 5 amide bonds. The zero-order chi connectivity index (χ0) is 45.0. The number of amides is 5. The van der Waals surface area contributed by atoms with Crippen molar-refractivity contribution in [3.8, 4) is 0 Å². The number of ether oxygens (including phenoxy) is 8. The summed E-state index contributed by atoms with van der Waals surface area (Å²) in [6.07, 6.45) is 7.42. The first-order chi connectivity index (χ1) is 29.5. The predicted molar refractivity (Wildman–Crippen MR) is 227 cm³/mol. The van der Waals surface area contributed by atoms with Gasteiger partial charge in [0.1, 0.15) is 5.78 Å². The molecule has 2 atom stereocenters. The molecule has 7 N–H and O–H groups in total. The van der Waals surface area contributed by atoms with Gasteiger partial charge in [0.05, 0.1) is 99.1 Å². The summed E-state index contributed by atoms with van der Waals surface area (Å²) in [6.45, 7) is 11.4. The monoisotopic (exact) mass is 878 g/mol. The van der Waals surface area contributed by atoms with Crippen molar-refractivity contribution >= 4 is 35.3 Å². The first kappa shape index (κ1) is 57.7. The van der Waals surface area contributed by atoms with Gasteiger partial charge >= 0.3 is 0 Å². The first-order valence-electron chi connectivity index (χ1n) is 22.0. The number of nitrogens with two attached hydrogens (primary N) is 2. The quantitative estimate of drug-likeness (QED) is 0.0541. The molecule has 0 saturated carbocycles. The van der Waals surface area contributed by atoms with Crippen LogP contribution in [0, 0.1) is 11.8 Å². The summed E-state index contributed by atoms with van der Waals surface area (Å²) in [4.78, 5) is 69.8. The van der Waals surface area contributed by atoms with Crippen LogP contribution in [0.15, 0.2) is 0 Å². The molecule has 0 aliphatic heterocycles. The number of hydrogen-bond acceptors (Lipinski definition) is 14. The Balaban J connectivity index is 3.35. The highest BCUT2D eigenvalue weighted by Crippen LogP contribution is 2.07. The molecule has 0 unspecified atom stereocenters. The van der Waals surface area contributed by atoms with Crippen LogP contribution >= 0.6 is 0 Å². The van der Waals surface area contributed by atoms with Crippen LogP contribution in [-0.4, -0.2) is 161 Å². The molecular formula is C42H79N5O14. The summed E-state index contributed by atoms with van der Waals surface area (Å²) < 4.78 is 43.6. The minimum atomic E-state index is -0.298. The lowest BCUT2D eigenvalue weighted by Crippen LogP contribution is -2.27. The maximum absolute atomic E-state index is 12.1. The molecule has 0 aromatic heterocycles. The molecule has 356 valence electrons. The molecule has 0 aliphatic rings. The summed E-state index contributed by atoms with van der Waals surface area (Å²) in [5.41, 5.74) is 10.5. The highest BCUT2D eigenvalue weighted by molar-refractivity contribution is 5.80. The molecule has 0 heterocycles. The van der Waals surface area contributed by atoms with Crippen molar-refractivity contribution in [2.75, 3.05) is 125 Å². The van der Waals surface area contributed by atoms with Gasteiger partial charge in [0.2, 0.25) is 29.5 Å². The van der Waals surface area contributed by atoms with E-state index in [0.717, 1.165) is 38.5 Å². The van der Waals surface area contributed by atoms with E-state index in [1.54, 1.807) is 13.8 Å². The third-order valence-electron chi connectivity index (χ3n) is 9.09. The van der Waals surface area contributed by atoms with Crippen LogP contribution in [0.1, 0.15) is 97.3 Å². The zero-order valence-corrected chi connectivity index (χ0v) is 37.2. The highest BCUT2D eigenvalue weighted by atomic mass is 16.6. The molecule has 61 heavy (non-hydrogen) atoms. The van der Waals surface area contributed by atoms with Crippen molar-refractivity contribution in [3.05, 3.63) is 0 Å². The van der Waals surface area contributed by atoms with E-state index in [4.69, 9.17) is 49.4 Å². The van der Waals surface area contributed by atoms with Gasteiger partial charge in [-0.3, -0.25) is 28.8 Å². The van der Waals surface area contributed by atoms with Gasteiger partial charge in [0, 0.05) is 70.2 Å². The minimum Gasteiger partial charge on any atom is -0.379 e. The minimum absolute atomic E-state index is 0.0703. The van der Waals surface area contributed by atoms with Crippen LogP contribution in [0.2, 0.25) is 0 Å². The predicted octanol–water partition coefficient (Wildman–Crippen LogP) is 1.35. The van der Waals surface area contributed by atoms with E-state index < -0.39 is 0 Å². The number of hydrogen-bond donors (Lipinski definition) is 5. The fraction of sp³-hybridized carbons (Fsp3) is 0.857. The van der Waals surface area contributed by atoms with Crippen molar-refractivity contribution in [1.29, 1.82) is 0 Å². The molecule has 0 aromatic carbocycles. The highest BCUT2D eigenvalue weighted by Gasteiger charge is 2.10. The Morgan fingerprint density at radius 1 is 0.361 bits per heavy atom. The van der Waals surface area contributed by atoms with E-state index in [0.29, 0.717) is 151 Å². The molecule has 0 bridgehead atoms. The van der Waals surface area contributed by atoms with Gasteiger partial charge < -0.3 is 65.3 Å². The molecule has 0 spiro atoms. The lowest BCUT2D eigenvalue weighted by atomic mass is 10.0. The lowest BCUT2D eigenvalue weighted by Gasteiger charge is -2.09. The van der Waals surface area contributed by atoms with Gasteiger partial charge in [0.15, 0.2) is 0 Å². The van der Waals surface area contributed by atoms with Crippen LogP contribution in [0.5, 0.6) is 0 Å². The maximum atomic E-state index is 12.1. The van der Waals surface area contributed by atoms with Gasteiger partial charge in [-0.15, -0.1) is 0 Å². The Bertz CT molecular complexity index is 1050. The van der Waals surface area contributed by atoms with E-state index in [2.05, 4.69) is 16.0 Å². The number of unbranched alkanes of at least 4 members (excludes halogenated alkanes) is 2. The summed E-state index contributed by atoms with van der Waals surface area (Å²) in [5, 5.41) is 8.45. The van der Waals surface area contributed by atoms with E-state index >= 15 is 0 Å². The maximum Gasteiger partial charge on any atom is 0.222 e. The molecule has 0 radical (unpaired) electrons. The van der Waals surface area contributed by atoms with Crippen LogP contribution in [-0.2, 0) is 66.7 Å². The number of carbonyl (C=O) groups excluding carboxylic acids is 6. The number of carbonyl (C=O) groups is 6. The third-order valence-corrected chi connectivity index (χ3v) is 9.09. The van der Waals surface area contributed by atoms with Crippen molar-refractivity contribution in [1.82, 2.24) is 16.0 Å². The molecule has 0 aliphatic carbocycles. The van der Waals surface area contributed by atoms with Crippen LogP contribution < -0.4 is 27.4 Å². The van der Waals surface area contributed by atoms with Crippen molar-refractivity contribution < 1.29 is 66.7 Å². The average Bonchev–Trinajstić information content (AvgIpc) is 3.23.